The van der Waals surface area contributed by atoms with Crippen molar-refractivity contribution in [3.05, 3.63) is 47.0 Å². The van der Waals surface area contributed by atoms with Crippen LogP contribution in [0.5, 0.6) is 0 Å². The van der Waals surface area contributed by atoms with E-state index < -0.39 is 76.2 Å². The number of aliphatic hydroxyl groups is 4. The largest absolute Gasteiger partial charge is 0.455 e. The first-order valence-corrected chi connectivity index (χ1v) is 13.2. The number of ketones is 1. The summed E-state index contributed by atoms with van der Waals surface area (Å²) < 4.78 is 17.7. The number of hydrogen-bond donors (Lipinski definition) is 4. The van der Waals surface area contributed by atoms with Gasteiger partial charge in [-0.1, -0.05) is 32.0 Å². The van der Waals surface area contributed by atoms with E-state index in [1.54, 1.807) is 39.0 Å². The van der Waals surface area contributed by atoms with Crippen LogP contribution in [-0.2, 0) is 23.8 Å². The van der Waals surface area contributed by atoms with Crippen LogP contribution in [0.4, 0.5) is 0 Å². The number of aliphatic hydroxyl groups excluding tert-OH is 3. The van der Waals surface area contributed by atoms with Gasteiger partial charge in [0.15, 0.2) is 11.4 Å². The summed E-state index contributed by atoms with van der Waals surface area (Å²) in [5, 5.41) is 46.7. The first kappa shape index (κ1) is 27.9. The molecule has 10 nitrogen and oxygen atoms in total. The monoisotopic (exact) mass is 544 g/mol. The summed E-state index contributed by atoms with van der Waals surface area (Å²) in [5.74, 6) is -3.60. The summed E-state index contributed by atoms with van der Waals surface area (Å²) >= 11 is 0. The van der Waals surface area contributed by atoms with E-state index in [1.165, 1.54) is 26.0 Å². The molecule has 39 heavy (non-hydrogen) atoms. The highest BCUT2D eigenvalue weighted by Gasteiger charge is 2.77. The Labute approximate surface area is 226 Å². The number of Topliss-reactive ketones (excluding diaryl/α,β-unsaturated/α-hetero) is 1. The number of rotatable bonds is 3. The third-order valence-corrected chi connectivity index (χ3v) is 9.95. The van der Waals surface area contributed by atoms with Gasteiger partial charge < -0.3 is 34.6 Å². The van der Waals surface area contributed by atoms with Crippen LogP contribution in [0.15, 0.2) is 41.5 Å². The van der Waals surface area contributed by atoms with Crippen molar-refractivity contribution in [2.45, 2.75) is 89.2 Å². The summed E-state index contributed by atoms with van der Waals surface area (Å²) in [7, 11) is 0. The van der Waals surface area contributed by atoms with Gasteiger partial charge in [0, 0.05) is 25.2 Å². The summed E-state index contributed by atoms with van der Waals surface area (Å²) in [5.41, 5.74) is -6.24. The molecule has 1 aliphatic heterocycles. The highest BCUT2D eigenvalue weighted by Crippen LogP contribution is 2.63. The fourth-order valence-corrected chi connectivity index (χ4v) is 7.66. The van der Waals surface area contributed by atoms with E-state index in [1.807, 2.05) is 0 Å². The number of carbonyl (C=O) groups excluding carboxylic acids is 3. The second-order valence-electron chi connectivity index (χ2n) is 12.2. The van der Waals surface area contributed by atoms with Gasteiger partial charge in [-0.3, -0.25) is 9.59 Å². The van der Waals surface area contributed by atoms with Gasteiger partial charge in [0.05, 0.1) is 35.7 Å². The standard InChI is InChI=1S/C29H36O10/c1-14-17(31)12-29(36)24(38-25(35)16-9-7-6-8-10-16)22-27(5,23(34)21(33)20(14)26(29,3)4)18(32)11-19-28(22,13-37-19)39-15(2)30/h6-10,17-19,21-22,24,31-33,36H,11-13H2,1-5H3/t17-,18-,19+,21+,22?,24?,27+,28-,29+/m0/s1. The predicted molar refractivity (Wildman–Crippen MR) is 135 cm³/mol. The molecule has 3 fully saturated rings. The second-order valence-corrected chi connectivity index (χ2v) is 12.2. The molecule has 0 radical (unpaired) electrons. The fraction of sp³-hybridized carbons (Fsp3) is 0.621. The van der Waals surface area contributed by atoms with Crippen molar-refractivity contribution in [3.8, 4) is 0 Å². The molecule has 1 aromatic carbocycles. The van der Waals surface area contributed by atoms with Crippen LogP contribution in [0.1, 0.15) is 57.8 Å². The van der Waals surface area contributed by atoms with Gasteiger partial charge in [-0.2, -0.15) is 0 Å². The quantitative estimate of drug-likeness (QED) is 0.320. The third-order valence-electron chi connectivity index (χ3n) is 9.95. The van der Waals surface area contributed by atoms with Crippen molar-refractivity contribution < 1.29 is 49.0 Å². The molecule has 0 amide bonds. The minimum Gasteiger partial charge on any atom is -0.455 e. The first-order chi connectivity index (χ1) is 18.1. The van der Waals surface area contributed by atoms with Crippen molar-refractivity contribution in [3.63, 3.8) is 0 Å². The Morgan fingerprint density at radius 2 is 1.72 bits per heavy atom. The highest BCUT2D eigenvalue weighted by molar-refractivity contribution is 5.94. The van der Waals surface area contributed by atoms with Gasteiger partial charge in [0.1, 0.15) is 23.9 Å². The van der Waals surface area contributed by atoms with E-state index in [0.717, 1.165) is 0 Å². The number of fused-ring (bicyclic) bond motifs is 5. The molecule has 212 valence electrons. The normalized spacial score (nSPS) is 42.7. The van der Waals surface area contributed by atoms with Gasteiger partial charge >= 0.3 is 11.9 Å². The highest BCUT2D eigenvalue weighted by atomic mass is 16.6. The molecular weight excluding hydrogens is 508 g/mol. The smallest absolute Gasteiger partial charge is 0.338 e. The van der Waals surface area contributed by atoms with E-state index >= 15 is 0 Å². The van der Waals surface area contributed by atoms with Crippen LogP contribution in [0.2, 0.25) is 0 Å². The topological polar surface area (TPSA) is 160 Å². The average Bonchev–Trinajstić information content (AvgIpc) is 2.87. The maximum absolute atomic E-state index is 14.3. The van der Waals surface area contributed by atoms with Crippen molar-refractivity contribution in [1.29, 1.82) is 0 Å². The molecule has 4 N–H and O–H groups in total. The maximum atomic E-state index is 14.3. The lowest BCUT2D eigenvalue weighted by atomic mass is 9.44. The van der Waals surface area contributed by atoms with Crippen LogP contribution >= 0.6 is 0 Å². The maximum Gasteiger partial charge on any atom is 0.338 e. The van der Waals surface area contributed by atoms with Gasteiger partial charge in [0.2, 0.25) is 0 Å². The van der Waals surface area contributed by atoms with Gasteiger partial charge in [-0.05, 0) is 37.1 Å². The summed E-state index contributed by atoms with van der Waals surface area (Å²) in [4.78, 5) is 40.3. The Hall–Kier alpha value is -2.63. The van der Waals surface area contributed by atoms with Crippen LogP contribution in [0.25, 0.3) is 0 Å². The van der Waals surface area contributed by atoms with Crippen LogP contribution in [0, 0.1) is 16.7 Å². The molecule has 1 heterocycles. The van der Waals surface area contributed by atoms with Gasteiger partial charge in [-0.25, -0.2) is 4.79 Å². The molecule has 0 spiro atoms. The predicted octanol–water partition coefficient (Wildman–Crippen LogP) is 1.08. The zero-order chi connectivity index (χ0) is 28.7. The average molecular weight is 545 g/mol. The molecule has 1 saturated heterocycles. The first-order valence-electron chi connectivity index (χ1n) is 13.2. The summed E-state index contributed by atoms with van der Waals surface area (Å²) in [6.45, 7) is 7.29. The Balaban J connectivity index is 1.81. The molecule has 9 atom stereocenters. The zero-order valence-corrected chi connectivity index (χ0v) is 22.7. The van der Waals surface area contributed by atoms with E-state index in [0.29, 0.717) is 5.57 Å². The van der Waals surface area contributed by atoms with Gasteiger partial charge in [-0.15, -0.1) is 0 Å². The molecule has 5 rings (SSSR count). The minimum atomic E-state index is -2.07. The molecular formula is C29H36O10. The third kappa shape index (κ3) is 3.62. The molecule has 3 aliphatic carbocycles. The molecule has 4 aliphatic rings. The van der Waals surface area contributed by atoms with E-state index in [4.69, 9.17) is 14.2 Å². The van der Waals surface area contributed by atoms with E-state index in [2.05, 4.69) is 0 Å². The lowest BCUT2D eigenvalue weighted by Crippen LogP contribution is -2.81. The van der Waals surface area contributed by atoms with Crippen molar-refractivity contribution >= 4 is 17.7 Å². The molecule has 1 aromatic rings. The number of benzene rings is 1. The second kappa shape index (κ2) is 8.94. The minimum absolute atomic E-state index is 0.0828. The van der Waals surface area contributed by atoms with Crippen LogP contribution < -0.4 is 0 Å². The Kier molecular flexibility index (Phi) is 6.40. The van der Waals surface area contributed by atoms with Crippen molar-refractivity contribution in [2.75, 3.05) is 6.61 Å². The Morgan fingerprint density at radius 3 is 2.28 bits per heavy atom. The van der Waals surface area contributed by atoms with Crippen LogP contribution in [0.3, 0.4) is 0 Å². The Morgan fingerprint density at radius 1 is 1.08 bits per heavy atom. The Bertz CT molecular complexity index is 1240. The lowest BCUT2D eigenvalue weighted by molar-refractivity contribution is -0.345. The SMILES string of the molecule is CC(=O)O[C@@]12CO[C@@H]1C[C@H](O)[C@@]1(C)C(=O)[C@H](O)C3=C(C)[C@@H](O)C[C@@](O)(C(OC(=O)c4ccccc4)C12)C3(C)C. The van der Waals surface area contributed by atoms with Crippen molar-refractivity contribution in [2.24, 2.45) is 16.7 Å². The molecule has 2 unspecified atom stereocenters. The van der Waals surface area contributed by atoms with E-state index in [9.17, 15) is 34.8 Å². The number of ether oxygens (including phenoxy) is 3. The molecule has 0 aromatic heterocycles. The van der Waals surface area contributed by atoms with Gasteiger partial charge in [0.25, 0.3) is 0 Å². The van der Waals surface area contributed by atoms with E-state index in [-0.39, 0.29) is 30.6 Å². The molecule has 10 heteroatoms. The molecule has 2 saturated carbocycles. The van der Waals surface area contributed by atoms with Crippen molar-refractivity contribution in [1.82, 2.24) is 0 Å². The number of esters is 2. The fourth-order valence-electron chi connectivity index (χ4n) is 7.66. The molecule has 2 bridgehead atoms. The van der Waals surface area contributed by atoms with Crippen LogP contribution in [-0.4, -0.2) is 86.5 Å². The number of carbonyl (C=O) groups is 3. The summed E-state index contributed by atoms with van der Waals surface area (Å²) in [6, 6.07) is 8.08. The lowest BCUT2D eigenvalue weighted by Gasteiger charge is -2.67. The summed E-state index contributed by atoms with van der Waals surface area (Å²) in [6.07, 6.45) is -7.26. The number of hydrogen-bond acceptors (Lipinski definition) is 10. The zero-order valence-electron chi connectivity index (χ0n) is 22.7.